The second kappa shape index (κ2) is 11.2. The molecular weight excluding hydrogens is 436 g/mol. The highest BCUT2D eigenvalue weighted by Crippen LogP contribution is 2.41. The Morgan fingerprint density at radius 2 is 1.42 bits per heavy atom. The maximum Gasteiger partial charge on any atom is 0.106 e. The number of aryl methyl sites for hydroxylation is 4. The Hall–Kier alpha value is -3.26. The SMILES string of the molecule is C=C(c1ccccc1N(C(=C)N(C)Cc1c(C)cc(C)cc1C)c1ccc(C)cc1)C1CCCCC1. The van der Waals surface area contributed by atoms with Gasteiger partial charge in [-0.1, -0.05) is 86.0 Å². The lowest BCUT2D eigenvalue weighted by atomic mass is 9.81. The third-order valence-electron chi connectivity index (χ3n) is 7.82. The summed E-state index contributed by atoms with van der Waals surface area (Å²) < 4.78 is 0. The second-order valence-corrected chi connectivity index (χ2v) is 10.7. The van der Waals surface area contributed by atoms with Crippen molar-refractivity contribution in [3.05, 3.63) is 113 Å². The van der Waals surface area contributed by atoms with Crippen molar-refractivity contribution in [2.75, 3.05) is 11.9 Å². The van der Waals surface area contributed by atoms with Gasteiger partial charge in [-0.25, -0.2) is 0 Å². The van der Waals surface area contributed by atoms with E-state index in [2.05, 4.69) is 118 Å². The Balaban J connectivity index is 1.73. The molecule has 3 aromatic carbocycles. The van der Waals surface area contributed by atoms with Crippen molar-refractivity contribution >= 4 is 16.9 Å². The van der Waals surface area contributed by atoms with Gasteiger partial charge in [-0.3, -0.25) is 4.90 Å². The van der Waals surface area contributed by atoms with E-state index in [0.29, 0.717) is 5.92 Å². The number of hydrogen-bond donors (Lipinski definition) is 0. The van der Waals surface area contributed by atoms with Gasteiger partial charge >= 0.3 is 0 Å². The van der Waals surface area contributed by atoms with E-state index in [9.17, 15) is 0 Å². The minimum Gasteiger partial charge on any atom is -0.357 e. The van der Waals surface area contributed by atoms with Crippen molar-refractivity contribution in [3.8, 4) is 0 Å². The molecular formula is C34H42N2. The molecule has 0 aliphatic heterocycles. The normalized spacial score (nSPS) is 13.9. The Morgan fingerprint density at radius 3 is 2.06 bits per heavy atom. The van der Waals surface area contributed by atoms with Gasteiger partial charge in [-0.2, -0.15) is 0 Å². The summed E-state index contributed by atoms with van der Waals surface area (Å²) in [5.41, 5.74) is 11.4. The standard InChI is InChI=1S/C34H42N2/c1-24-17-19-31(20-18-24)36(29(6)35(7)23-33-26(3)21-25(2)22-27(33)4)34-16-12-11-15-32(34)28(5)30-13-9-8-10-14-30/h11-12,15-22,30H,5-6,8-10,13-14,23H2,1-4,7H3. The van der Waals surface area contributed by atoms with Gasteiger partial charge in [-0.05, 0) is 86.9 Å². The molecule has 1 fully saturated rings. The van der Waals surface area contributed by atoms with Gasteiger partial charge < -0.3 is 4.90 Å². The molecule has 0 radical (unpaired) electrons. The summed E-state index contributed by atoms with van der Waals surface area (Å²) in [6, 6.07) is 22.1. The third-order valence-corrected chi connectivity index (χ3v) is 7.82. The average Bonchev–Trinajstić information content (AvgIpc) is 2.87. The van der Waals surface area contributed by atoms with E-state index in [1.807, 2.05) is 0 Å². The van der Waals surface area contributed by atoms with E-state index in [0.717, 1.165) is 23.7 Å². The molecule has 2 heteroatoms. The van der Waals surface area contributed by atoms with Crippen molar-refractivity contribution in [1.29, 1.82) is 0 Å². The van der Waals surface area contributed by atoms with Crippen LogP contribution in [0, 0.1) is 33.6 Å². The first-order valence-electron chi connectivity index (χ1n) is 13.4. The van der Waals surface area contributed by atoms with Crippen LogP contribution in [-0.2, 0) is 6.54 Å². The molecule has 0 heterocycles. The summed E-state index contributed by atoms with van der Waals surface area (Å²) >= 11 is 0. The Morgan fingerprint density at radius 1 is 0.806 bits per heavy atom. The molecule has 0 amide bonds. The van der Waals surface area contributed by atoms with Crippen molar-refractivity contribution in [2.24, 2.45) is 5.92 Å². The van der Waals surface area contributed by atoms with E-state index in [1.165, 1.54) is 71.1 Å². The molecule has 1 saturated carbocycles. The van der Waals surface area contributed by atoms with Gasteiger partial charge in [0, 0.05) is 24.8 Å². The van der Waals surface area contributed by atoms with Gasteiger partial charge in [0.15, 0.2) is 0 Å². The minimum absolute atomic E-state index is 0.559. The van der Waals surface area contributed by atoms with Crippen molar-refractivity contribution in [2.45, 2.75) is 66.3 Å². The average molecular weight is 479 g/mol. The van der Waals surface area contributed by atoms with Gasteiger partial charge in [0.1, 0.15) is 5.82 Å². The summed E-state index contributed by atoms with van der Waals surface area (Å²) in [6.07, 6.45) is 6.44. The highest BCUT2D eigenvalue weighted by molar-refractivity contribution is 5.82. The molecule has 0 saturated heterocycles. The summed E-state index contributed by atoms with van der Waals surface area (Å²) in [5, 5.41) is 0. The molecule has 2 nitrogen and oxygen atoms in total. The highest BCUT2D eigenvalue weighted by atomic mass is 15.3. The largest absolute Gasteiger partial charge is 0.357 e. The molecule has 36 heavy (non-hydrogen) atoms. The first kappa shape index (κ1) is 25.8. The van der Waals surface area contributed by atoms with E-state index in [-0.39, 0.29) is 0 Å². The smallest absolute Gasteiger partial charge is 0.106 e. The Kier molecular flexibility index (Phi) is 8.04. The van der Waals surface area contributed by atoms with Crippen LogP contribution in [0.15, 0.2) is 79.6 Å². The molecule has 0 unspecified atom stereocenters. The second-order valence-electron chi connectivity index (χ2n) is 10.7. The Labute approximate surface area is 219 Å². The van der Waals surface area contributed by atoms with E-state index in [4.69, 9.17) is 0 Å². The molecule has 0 spiro atoms. The summed E-state index contributed by atoms with van der Waals surface area (Å²) in [4.78, 5) is 4.60. The van der Waals surface area contributed by atoms with E-state index >= 15 is 0 Å². The van der Waals surface area contributed by atoms with Gasteiger partial charge in [0.25, 0.3) is 0 Å². The van der Waals surface area contributed by atoms with Crippen molar-refractivity contribution < 1.29 is 0 Å². The summed E-state index contributed by atoms with van der Waals surface area (Å²) in [5.74, 6) is 1.52. The fraction of sp³-hybridized carbons (Fsp3) is 0.353. The fourth-order valence-electron chi connectivity index (χ4n) is 5.69. The fourth-order valence-corrected chi connectivity index (χ4v) is 5.69. The maximum absolute atomic E-state index is 4.64. The number of nitrogens with zero attached hydrogens (tertiary/aromatic N) is 2. The van der Waals surface area contributed by atoms with Crippen molar-refractivity contribution in [3.63, 3.8) is 0 Å². The zero-order valence-electron chi connectivity index (χ0n) is 22.9. The number of anilines is 2. The first-order chi connectivity index (χ1) is 17.3. The number of rotatable bonds is 8. The zero-order valence-corrected chi connectivity index (χ0v) is 22.9. The molecule has 0 aromatic heterocycles. The van der Waals surface area contributed by atoms with Crippen LogP contribution in [0.1, 0.15) is 65.5 Å². The molecule has 3 aromatic rings. The number of benzene rings is 3. The lowest BCUT2D eigenvalue weighted by Gasteiger charge is -2.36. The van der Waals surface area contributed by atoms with Crippen molar-refractivity contribution in [1.82, 2.24) is 4.90 Å². The van der Waals surface area contributed by atoms with Crippen LogP contribution in [-0.4, -0.2) is 11.9 Å². The van der Waals surface area contributed by atoms with Crippen LogP contribution in [0.3, 0.4) is 0 Å². The molecule has 1 aliphatic rings. The predicted octanol–water partition coefficient (Wildman–Crippen LogP) is 9.26. The monoisotopic (exact) mass is 478 g/mol. The van der Waals surface area contributed by atoms with Gasteiger partial charge in [0.2, 0.25) is 0 Å². The van der Waals surface area contributed by atoms with Crippen LogP contribution in [0.5, 0.6) is 0 Å². The van der Waals surface area contributed by atoms with Crippen LogP contribution in [0.4, 0.5) is 11.4 Å². The summed E-state index contributed by atoms with van der Waals surface area (Å²) in [7, 11) is 2.15. The molecule has 0 bridgehead atoms. The number of hydrogen-bond acceptors (Lipinski definition) is 2. The lowest BCUT2D eigenvalue weighted by Crippen LogP contribution is -2.30. The maximum atomic E-state index is 4.64. The predicted molar refractivity (Wildman–Crippen MR) is 157 cm³/mol. The topological polar surface area (TPSA) is 6.48 Å². The van der Waals surface area contributed by atoms with E-state index < -0.39 is 0 Å². The quantitative estimate of drug-likeness (QED) is 0.318. The van der Waals surface area contributed by atoms with Crippen LogP contribution < -0.4 is 4.90 Å². The van der Waals surface area contributed by atoms with Gasteiger partial charge in [-0.15, -0.1) is 0 Å². The van der Waals surface area contributed by atoms with Gasteiger partial charge in [0.05, 0.1) is 5.69 Å². The first-order valence-corrected chi connectivity index (χ1v) is 13.4. The van der Waals surface area contributed by atoms with Crippen LogP contribution >= 0.6 is 0 Å². The van der Waals surface area contributed by atoms with Crippen LogP contribution in [0.2, 0.25) is 0 Å². The molecule has 0 N–H and O–H groups in total. The van der Waals surface area contributed by atoms with Crippen LogP contribution in [0.25, 0.3) is 5.57 Å². The molecule has 1 aliphatic carbocycles. The Bertz CT molecular complexity index is 1210. The minimum atomic E-state index is 0.559. The number of para-hydroxylation sites is 1. The molecule has 0 atom stereocenters. The van der Waals surface area contributed by atoms with E-state index in [1.54, 1.807) is 0 Å². The third kappa shape index (κ3) is 5.59. The summed E-state index contributed by atoms with van der Waals surface area (Å²) in [6.45, 7) is 18.8. The zero-order chi connectivity index (χ0) is 25.8. The molecule has 4 rings (SSSR count). The lowest BCUT2D eigenvalue weighted by molar-refractivity contribution is 0.404. The highest BCUT2D eigenvalue weighted by Gasteiger charge is 2.24. The number of allylic oxidation sites excluding steroid dienone is 1. The molecule has 188 valence electrons.